The van der Waals surface area contributed by atoms with E-state index in [1.807, 2.05) is 13.8 Å². The molecule has 0 aromatic heterocycles. The predicted octanol–water partition coefficient (Wildman–Crippen LogP) is 3.53. The van der Waals surface area contributed by atoms with Crippen LogP contribution in [0.15, 0.2) is 12.2 Å². The normalized spacial score (nSPS) is 46.6. The van der Waals surface area contributed by atoms with Gasteiger partial charge in [-0.05, 0) is 57.8 Å². The average molecular weight is 379 g/mol. The second kappa shape index (κ2) is 6.04. The topological polar surface area (TPSA) is 71.6 Å². The Labute approximate surface area is 162 Å². The molecule has 27 heavy (non-hydrogen) atoms. The lowest BCUT2D eigenvalue weighted by Gasteiger charge is -2.37. The van der Waals surface area contributed by atoms with Crippen LogP contribution in [0.2, 0.25) is 0 Å². The highest BCUT2D eigenvalue weighted by atomic mass is 16.7. The third-order valence-corrected chi connectivity index (χ3v) is 7.80. The zero-order valence-corrected chi connectivity index (χ0v) is 17.2. The van der Waals surface area contributed by atoms with Crippen LogP contribution in [-0.2, 0) is 19.0 Å². The van der Waals surface area contributed by atoms with Crippen molar-refractivity contribution in [2.75, 3.05) is 6.61 Å². The molecule has 0 aromatic carbocycles. The molecule has 4 aliphatic rings. The summed E-state index contributed by atoms with van der Waals surface area (Å²) in [5, 5.41) is 10.9. The summed E-state index contributed by atoms with van der Waals surface area (Å²) in [4.78, 5) is 11.4. The molecule has 2 heterocycles. The lowest BCUT2D eigenvalue weighted by molar-refractivity contribution is -0.142. The standard InChI is InChI=1S/C22H34O5/c1-14-6-7-17-21(26-17,13-25-15(2)23)12-18-22(27-18)16(19(3,4)24)9-11-20(22,5)10-8-14/h16-18,24H,1,6-13H2,2-5H3/t16-,17-,18+,20+,21-,22-/m0/s1. The van der Waals surface area contributed by atoms with Crippen LogP contribution in [0.1, 0.15) is 72.6 Å². The number of epoxide rings is 2. The molecule has 5 heteroatoms. The highest BCUT2D eigenvalue weighted by molar-refractivity contribution is 5.66. The second-order valence-corrected chi connectivity index (χ2v) is 10.1. The first-order valence-corrected chi connectivity index (χ1v) is 10.4. The molecule has 0 bridgehead atoms. The average Bonchev–Trinajstić information content (AvgIpc) is 3.41. The number of rotatable bonds is 3. The molecule has 0 aromatic rings. The minimum Gasteiger partial charge on any atom is -0.463 e. The van der Waals surface area contributed by atoms with Gasteiger partial charge in [0.05, 0.1) is 17.8 Å². The van der Waals surface area contributed by atoms with Crippen molar-refractivity contribution < 1.29 is 24.1 Å². The molecule has 1 spiro atoms. The van der Waals surface area contributed by atoms with Crippen molar-refractivity contribution in [3.63, 3.8) is 0 Å². The Morgan fingerprint density at radius 1 is 1.26 bits per heavy atom. The van der Waals surface area contributed by atoms with Crippen molar-refractivity contribution in [2.45, 2.75) is 102 Å². The molecule has 6 atom stereocenters. The van der Waals surface area contributed by atoms with Gasteiger partial charge in [-0.25, -0.2) is 0 Å². The summed E-state index contributed by atoms with van der Waals surface area (Å²) in [5.41, 5.74) is -0.235. The van der Waals surface area contributed by atoms with Gasteiger partial charge in [0.1, 0.15) is 17.8 Å². The zero-order valence-electron chi connectivity index (χ0n) is 17.2. The second-order valence-electron chi connectivity index (χ2n) is 10.1. The number of carbonyl (C=O) groups is 1. The molecule has 0 radical (unpaired) electrons. The van der Waals surface area contributed by atoms with Crippen molar-refractivity contribution in [1.29, 1.82) is 0 Å². The summed E-state index contributed by atoms with van der Waals surface area (Å²) >= 11 is 0. The fourth-order valence-corrected chi connectivity index (χ4v) is 6.11. The Morgan fingerprint density at radius 3 is 2.67 bits per heavy atom. The van der Waals surface area contributed by atoms with Crippen molar-refractivity contribution in [2.24, 2.45) is 11.3 Å². The summed E-state index contributed by atoms with van der Waals surface area (Å²) in [7, 11) is 0. The van der Waals surface area contributed by atoms with Crippen LogP contribution in [0.25, 0.3) is 0 Å². The Morgan fingerprint density at radius 2 is 2.00 bits per heavy atom. The number of allylic oxidation sites excluding steroid dienone is 1. The lowest BCUT2D eigenvalue weighted by atomic mass is 9.67. The molecule has 0 amide bonds. The number of fused-ring (bicyclic) bond motifs is 1. The number of aliphatic hydroxyl groups is 1. The minimum absolute atomic E-state index is 0.0304. The third-order valence-electron chi connectivity index (χ3n) is 7.80. The van der Waals surface area contributed by atoms with E-state index >= 15 is 0 Å². The summed E-state index contributed by atoms with van der Waals surface area (Å²) in [6, 6.07) is 0. The van der Waals surface area contributed by atoms with Gasteiger partial charge >= 0.3 is 5.97 Å². The van der Waals surface area contributed by atoms with Gasteiger partial charge in [0, 0.05) is 19.3 Å². The fraction of sp³-hybridized carbons (Fsp3) is 0.864. The van der Waals surface area contributed by atoms with E-state index in [1.165, 1.54) is 12.5 Å². The maximum absolute atomic E-state index is 11.4. The van der Waals surface area contributed by atoms with E-state index in [4.69, 9.17) is 14.2 Å². The van der Waals surface area contributed by atoms with Gasteiger partial charge in [-0.15, -0.1) is 0 Å². The van der Waals surface area contributed by atoms with Gasteiger partial charge in [-0.3, -0.25) is 4.79 Å². The maximum atomic E-state index is 11.4. The van der Waals surface area contributed by atoms with Crippen LogP contribution < -0.4 is 0 Å². The monoisotopic (exact) mass is 378 g/mol. The molecular formula is C22H34O5. The predicted molar refractivity (Wildman–Crippen MR) is 101 cm³/mol. The van der Waals surface area contributed by atoms with E-state index in [0.29, 0.717) is 6.61 Å². The number of ether oxygens (including phenoxy) is 3. The van der Waals surface area contributed by atoms with E-state index in [1.54, 1.807) is 0 Å². The first-order valence-electron chi connectivity index (χ1n) is 10.4. The fourth-order valence-electron chi connectivity index (χ4n) is 6.11. The number of carbonyl (C=O) groups excluding carboxylic acids is 1. The van der Waals surface area contributed by atoms with Crippen LogP contribution in [0.3, 0.4) is 0 Å². The third kappa shape index (κ3) is 3.06. The largest absolute Gasteiger partial charge is 0.463 e. The lowest BCUT2D eigenvalue weighted by Crippen LogP contribution is -2.46. The van der Waals surface area contributed by atoms with Gasteiger partial charge in [0.25, 0.3) is 0 Å². The molecule has 2 saturated heterocycles. The van der Waals surface area contributed by atoms with E-state index in [0.717, 1.165) is 44.9 Å². The number of hydrogen-bond donors (Lipinski definition) is 1. The van der Waals surface area contributed by atoms with Gasteiger partial charge in [-0.2, -0.15) is 0 Å². The molecule has 152 valence electrons. The Balaban J connectivity index is 1.64. The summed E-state index contributed by atoms with van der Waals surface area (Å²) in [6.45, 7) is 12.2. The van der Waals surface area contributed by atoms with Crippen LogP contribution in [-0.4, -0.2) is 46.7 Å². The molecule has 4 rings (SSSR count). The van der Waals surface area contributed by atoms with Crippen molar-refractivity contribution in [1.82, 2.24) is 0 Å². The van der Waals surface area contributed by atoms with E-state index in [-0.39, 0.29) is 35.1 Å². The maximum Gasteiger partial charge on any atom is 0.302 e. The van der Waals surface area contributed by atoms with Gasteiger partial charge < -0.3 is 19.3 Å². The van der Waals surface area contributed by atoms with Crippen molar-refractivity contribution in [3.05, 3.63) is 12.2 Å². The first-order chi connectivity index (χ1) is 12.5. The Kier molecular flexibility index (Phi) is 4.34. The van der Waals surface area contributed by atoms with Crippen LogP contribution >= 0.6 is 0 Å². The molecule has 5 nitrogen and oxygen atoms in total. The summed E-state index contributed by atoms with van der Waals surface area (Å²) in [5.74, 6) is -0.166. The zero-order chi connectivity index (χ0) is 19.7. The first kappa shape index (κ1) is 19.4. The van der Waals surface area contributed by atoms with Crippen LogP contribution in [0.4, 0.5) is 0 Å². The van der Waals surface area contributed by atoms with Gasteiger partial charge in [0.15, 0.2) is 0 Å². The number of esters is 1. The van der Waals surface area contributed by atoms with E-state index in [2.05, 4.69) is 13.5 Å². The molecule has 2 saturated carbocycles. The highest BCUT2D eigenvalue weighted by Gasteiger charge is 2.77. The molecular weight excluding hydrogens is 344 g/mol. The van der Waals surface area contributed by atoms with Crippen LogP contribution in [0.5, 0.6) is 0 Å². The van der Waals surface area contributed by atoms with Gasteiger partial charge in [0.2, 0.25) is 0 Å². The van der Waals surface area contributed by atoms with Crippen molar-refractivity contribution >= 4 is 5.97 Å². The van der Waals surface area contributed by atoms with E-state index in [9.17, 15) is 9.90 Å². The summed E-state index contributed by atoms with van der Waals surface area (Å²) in [6.07, 6.45) is 6.85. The minimum atomic E-state index is -0.781. The molecule has 2 aliphatic carbocycles. The molecule has 4 fully saturated rings. The smallest absolute Gasteiger partial charge is 0.302 e. The highest BCUT2D eigenvalue weighted by Crippen LogP contribution is 2.69. The van der Waals surface area contributed by atoms with Crippen molar-refractivity contribution in [3.8, 4) is 0 Å². The molecule has 2 aliphatic heterocycles. The Bertz CT molecular complexity index is 652. The number of hydrogen-bond acceptors (Lipinski definition) is 5. The van der Waals surface area contributed by atoms with E-state index < -0.39 is 11.2 Å². The molecule has 0 unspecified atom stereocenters. The summed E-state index contributed by atoms with van der Waals surface area (Å²) < 4.78 is 18.0. The molecule has 1 N–H and O–H groups in total. The van der Waals surface area contributed by atoms with Gasteiger partial charge in [-0.1, -0.05) is 19.1 Å². The Hall–Kier alpha value is -0.910. The van der Waals surface area contributed by atoms with Crippen LogP contribution in [0, 0.1) is 11.3 Å². The SMILES string of the molecule is C=C1CC[C@@H]2O[C@]2(COC(C)=O)C[C@H]2O[C@@]23[C@H](C(C)(C)O)CC[C@@]3(C)CC1. The quantitative estimate of drug-likeness (QED) is 0.462.